The van der Waals surface area contributed by atoms with E-state index in [0.717, 1.165) is 19.9 Å². The first-order valence-electron chi connectivity index (χ1n) is 11.4. The average molecular weight is 614 g/mol. The van der Waals surface area contributed by atoms with Gasteiger partial charge in [-0.25, -0.2) is 0 Å². The van der Waals surface area contributed by atoms with Crippen LogP contribution < -0.4 is 16.0 Å². The molecule has 1 aromatic carbocycles. The molecule has 2 aliphatic rings. The van der Waals surface area contributed by atoms with Crippen LogP contribution in [0.1, 0.15) is 34.9 Å². The van der Waals surface area contributed by atoms with Crippen molar-refractivity contribution in [1.29, 1.82) is 5.26 Å². The van der Waals surface area contributed by atoms with Crippen molar-refractivity contribution in [3.63, 3.8) is 0 Å². The molecule has 37 heavy (non-hydrogen) atoms. The fourth-order valence-electron chi connectivity index (χ4n) is 4.41. The molecule has 5 rings (SSSR count). The molecule has 8 nitrogen and oxygen atoms in total. The van der Waals surface area contributed by atoms with Crippen molar-refractivity contribution in [3.8, 4) is 6.07 Å². The van der Waals surface area contributed by atoms with Crippen LogP contribution in [0.4, 0.5) is 10.8 Å². The molecule has 1 aliphatic carbocycles. The minimum atomic E-state index is -0.466. The Morgan fingerprint density at radius 2 is 2.03 bits per heavy atom. The first-order chi connectivity index (χ1) is 17.9. The second kappa shape index (κ2) is 10.8. The van der Waals surface area contributed by atoms with Crippen molar-refractivity contribution < 1.29 is 9.59 Å². The number of halogens is 1. The number of nitrogens with one attached hydrogen (secondary N) is 1. The molecule has 0 radical (unpaired) electrons. The monoisotopic (exact) mass is 612 g/mol. The lowest BCUT2D eigenvalue weighted by atomic mass is 9.78. The van der Waals surface area contributed by atoms with Crippen molar-refractivity contribution in [1.82, 2.24) is 10.2 Å². The Hall–Kier alpha value is -2.98. The van der Waals surface area contributed by atoms with Crippen LogP contribution in [0, 0.1) is 18.3 Å². The van der Waals surface area contributed by atoms with Gasteiger partial charge >= 0.3 is 0 Å². The number of thioether (sulfide) groups is 1. The summed E-state index contributed by atoms with van der Waals surface area (Å²) < 4.78 is 1.52. The van der Waals surface area contributed by atoms with Gasteiger partial charge in [0.15, 0.2) is 10.1 Å². The van der Waals surface area contributed by atoms with Gasteiger partial charge < -0.3 is 11.1 Å². The number of nitrogens with zero attached hydrogens (tertiary/aromatic N) is 4. The van der Waals surface area contributed by atoms with Crippen molar-refractivity contribution in [2.45, 2.75) is 36.4 Å². The van der Waals surface area contributed by atoms with E-state index >= 15 is 0 Å². The number of anilines is 2. The number of amides is 1. The SMILES string of the molecule is Cc1ccc(C2C(C#N)=C(N)N(c3nnc(SCC(=O)Nc4ccc(Br)cc4)s3)C3=C2C(=O)CCC3)s1. The predicted molar refractivity (Wildman–Crippen MR) is 150 cm³/mol. The first kappa shape index (κ1) is 25.7. The number of rotatable bonds is 6. The number of ketones is 1. The van der Waals surface area contributed by atoms with Crippen LogP contribution in [0.2, 0.25) is 0 Å². The molecule has 1 amide bonds. The van der Waals surface area contributed by atoms with Crippen molar-refractivity contribution in [2.24, 2.45) is 5.73 Å². The Kier molecular flexibility index (Phi) is 7.48. The third-order valence-corrected chi connectivity index (χ3v) is 9.64. The fraction of sp³-hybridized carbons (Fsp3) is 0.240. The van der Waals surface area contributed by atoms with E-state index in [1.165, 1.54) is 23.1 Å². The zero-order chi connectivity index (χ0) is 26.1. The molecule has 2 aromatic heterocycles. The van der Waals surface area contributed by atoms with Gasteiger partial charge in [-0.2, -0.15) is 5.26 Å². The highest BCUT2D eigenvalue weighted by Crippen LogP contribution is 2.48. The van der Waals surface area contributed by atoms with Gasteiger partial charge in [0.05, 0.1) is 23.3 Å². The summed E-state index contributed by atoms with van der Waals surface area (Å²) in [7, 11) is 0. The number of nitrogens with two attached hydrogens (primary N) is 1. The summed E-state index contributed by atoms with van der Waals surface area (Å²) in [6.45, 7) is 2.00. The van der Waals surface area contributed by atoms with E-state index in [1.807, 2.05) is 43.3 Å². The first-order valence-corrected chi connectivity index (χ1v) is 14.8. The number of aromatic nitrogens is 2. The van der Waals surface area contributed by atoms with Crippen molar-refractivity contribution >= 4 is 72.9 Å². The van der Waals surface area contributed by atoms with Crippen LogP contribution in [0.15, 0.2) is 67.9 Å². The van der Waals surface area contributed by atoms with Crippen LogP contribution in [0.5, 0.6) is 0 Å². The minimum Gasteiger partial charge on any atom is -0.384 e. The van der Waals surface area contributed by atoms with E-state index in [-0.39, 0.29) is 23.3 Å². The summed E-state index contributed by atoms with van der Waals surface area (Å²) in [5.74, 6) is -0.165. The number of nitriles is 1. The van der Waals surface area contributed by atoms with E-state index in [9.17, 15) is 14.9 Å². The Morgan fingerprint density at radius 3 is 2.73 bits per heavy atom. The number of Topliss-reactive ketones (excluding diaryl/α,β-unsaturated/α-hetero) is 1. The number of carbonyl (C=O) groups excluding carboxylic acids is 2. The van der Waals surface area contributed by atoms with E-state index in [1.54, 1.807) is 16.2 Å². The number of thiophene rings is 1. The third kappa shape index (κ3) is 5.22. The molecule has 12 heteroatoms. The Labute approximate surface area is 234 Å². The lowest BCUT2D eigenvalue weighted by Crippen LogP contribution is -2.38. The number of hydrogen-bond acceptors (Lipinski definition) is 10. The normalized spacial score (nSPS) is 17.6. The van der Waals surface area contributed by atoms with Crippen molar-refractivity contribution in [3.05, 3.63) is 73.3 Å². The second-order valence-corrected chi connectivity index (χ2v) is 12.9. The number of allylic oxidation sites excluding steroid dienone is 3. The van der Waals surface area contributed by atoms with Crippen LogP contribution in [-0.4, -0.2) is 27.6 Å². The zero-order valence-corrected chi connectivity index (χ0v) is 23.7. The molecule has 0 saturated heterocycles. The number of benzene rings is 1. The molecule has 188 valence electrons. The molecule has 1 aliphatic heterocycles. The lowest BCUT2D eigenvalue weighted by Gasteiger charge is -2.37. The Balaban J connectivity index is 1.40. The topological polar surface area (TPSA) is 125 Å². The van der Waals surface area contributed by atoms with E-state index < -0.39 is 5.92 Å². The average Bonchev–Trinajstić information content (AvgIpc) is 3.52. The maximum absolute atomic E-state index is 13.2. The number of aryl methyl sites for hydroxylation is 1. The summed E-state index contributed by atoms with van der Waals surface area (Å²) >= 11 is 7.49. The summed E-state index contributed by atoms with van der Waals surface area (Å²) in [4.78, 5) is 29.3. The van der Waals surface area contributed by atoms with Crippen LogP contribution in [0.25, 0.3) is 0 Å². The molecule has 3 N–H and O–H groups in total. The van der Waals surface area contributed by atoms with Gasteiger partial charge in [-0.05, 0) is 56.2 Å². The number of carbonyl (C=O) groups is 2. The highest BCUT2D eigenvalue weighted by atomic mass is 79.9. The quantitative estimate of drug-likeness (QED) is 0.339. The van der Waals surface area contributed by atoms with Gasteiger partial charge in [0.2, 0.25) is 11.0 Å². The molecular weight excluding hydrogens is 592 g/mol. The molecule has 3 aromatic rings. The third-order valence-electron chi connectivity index (χ3n) is 6.00. The second-order valence-electron chi connectivity index (χ2n) is 8.46. The fourth-order valence-corrected chi connectivity index (χ4v) is 7.35. The smallest absolute Gasteiger partial charge is 0.234 e. The predicted octanol–water partition coefficient (Wildman–Crippen LogP) is 5.71. The lowest BCUT2D eigenvalue weighted by molar-refractivity contribution is -0.116. The van der Waals surface area contributed by atoms with Gasteiger partial charge in [-0.1, -0.05) is 39.0 Å². The molecule has 0 fully saturated rings. The van der Waals surface area contributed by atoms with E-state index in [2.05, 4.69) is 37.5 Å². The van der Waals surface area contributed by atoms with Gasteiger partial charge in [0.1, 0.15) is 5.82 Å². The highest BCUT2D eigenvalue weighted by molar-refractivity contribution is 9.10. The molecule has 1 atom stereocenters. The minimum absolute atomic E-state index is 0.0336. The largest absolute Gasteiger partial charge is 0.384 e. The Morgan fingerprint density at radius 1 is 1.24 bits per heavy atom. The summed E-state index contributed by atoms with van der Waals surface area (Å²) in [5, 5.41) is 22.0. The summed E-state index contributed by atoms with van der Waals surface area (Å²) in [6.07, 6.45) is 1.80. The van der Waals surface area contributed by atoms with E-state index in [0.29, 0.717) is 45.6 Å². The Bertz CT molecular complexity index is 1480. The molecule has 0 spiro atoms. The van der Waals surface area contributed by atoms with Gasteiger partial charge in [-0.3, -0.25) is 14.5 Å². The molecule has 0 bridgehead atoms. The summed E-state index contributed by atoms with van der Waals surface area (Å²) in [5.41, 5.74) is 9.04. The van der Waals surface area contributed by atoms with Gasteiger partial charge in [-0.15, -0.1) is 21.5 Å². The van der Waals surface area contributed by atoms with Crippen LogP contribution >= 0.6 is 50.4 Å². The maximum atomic E-state index is 13.2. The maximum Gasteiger partial charge on any atom is 0.234 e. The van der Waals surface area contributed by atoms with Gasteiger partial charge in [0.25, 0.3) is 0 Å². The van der Waals surface area contributed by atoms with Crippen LogP contribution in [0.3, 0.4) is 0 Å². The van der Waals surface area contributed by atoms with Gasteiger partial charge in [0, 0.05) is 37.6 Å². The molecule has 0 saturated carbocycles. The summed E-state index contributed by atoms with van der Waals surface area (Å²) in [6, 6.07) is 13.6. The standard InChI is InChI=1S/C25H21BrN6O2S3/c1-13-5-10-19(36-13)21-16(11-27)23(28)32(17-3-2-4-18(33)22(17)21)24-30-31-25(37-24)35-12-20(34)29-15-8-6-14(26)7-9-15/h5-10,21H,2-4,12,28H2,1H3,(H,29,34). The molecular formula is C25H21BrN6O2S3. The number of hydrogen-bond donors (Lipinski definition) is 2. The van der Waals surface area contributed by atoms with Crippen molar-refractivity contribution in [2.75, 3.05) is 16.0 Å². The highest BCUT2D eigenvalue weighted by Gasteiger charge is 2.41. The molecule has 3 heterocycles. The van der Waals surface area contributed by atoms with E-state index in [4.69, 9.17) is 5.73 Å². The zero-order valence-electron chi connectivity index (χ0n) is 19.7. The van der Waals surface area contributed by atoms with Crippen LogP contribution in [-0.2, 0) is 9.59 Å². The molecule has 1 unspecified atom stereocenters.